The van der Waals surface area contributed by atoms with Crippen molar-refractivity contribution in [2.24, 2.45) is 5.92 Å². The first-order valence-corrected chi connectivity index (χ1v) is 12.1. The van der Waals surface area contributed by atoms with E-state index < -0.39 is 0 Å². The third-order valence-electron chi connectivity index (χ3n) is 6.15. The zero-order valence-electron chi connectivity index (χ0n) is 17.9. The quantitative estimate of drug-likeness (QED) is 0.581. The van der Waals surface area contributed by atoms with Gasteiger partial charge in [0.25, 0.3) is 0 Å². The Labute approximate surface area is 186 Å². The Kier molecular flexibility index (Phi) is 5.76. The van der Waals surface area contributed by atoms with Crippen molar-refractivity contribution in [1.29, 1.82) is 0 Å². The molecule has 1 atom stereocenters. The van der Waals surface area contributed by atoms with Crippen LogP contribution in [0.25, 0.3) is 10.2 Å². The van der Waals surface area contributed by atoms with E-state index in [1.54, 1.807) is 16.2 Å². The minimum absolute atomic E-state index is 0.668. The number of hydrogen-bond donors (Lipinski definition) is 2. The second kappa shape index (κ2) is 8.82. The maximum Gasteiger partial charge on any atom is 0.227 e. The van der Waals surface area contributed by atoms with Crippen molar-refractivity contribution < 1.29 is 4.79 Å². The normalized spacial score (nSPS) is 20.7. The molecule has 9 heteroatoms. The number of carbonyl (C=O) groups excluding carboxylic acids is 1. The van der Waals surface area contributed by atoms with Crippen molar-refractivity contribution in [2.75, 3.05) is 36.4 Å². The smallest absolute Gasteiger partial charge is 0.227 e. The molecule has 3 fully saturated rings. The fourth-order valence-corrected chi connectivity index (χ4v) is 4.94. The van der Waals surface area contributed by atoms with Crippen LogP contribution in [0.15, 0.2) is 17.5 Å². The van der Waals surface area contributed by atoms with Gasteiger partial charge in [-0.2, -0.15) is 10.1 Å². The zero-order chi connectivity index (χ0) is 21.2. The third kappa shape index (κ3) is 4.66. The van der Waals surface area contributed by atoms with Gasteiger partial charge >= 0.3 is 0 Å². The van der Waals surface area contributed by atoms with Crippen molar-refractivity contribution in [3.8, 4) is 0 Å². The molecule has 0 aromatic carbocycles. The highest BCUT2D eigenvalue weighted by Crippen LogP contribution is 2.40. The number of nitrogens with one attached hydrogen (secondary N) is 2. The van der Waals surface area contributed by atoms with E-state index in [1.807, 2.05) is 0 Å². The Bertz CT molecular complexity index is 1040. The molecule has 0 spiro atoms. The average Bonchev–Trinajstić information content (AvgIpc) is 3.26. The Morgan fingerprint density at radius 2 is 2.03 bits per heavy atom. The third-order valence-corrected chi connectivity index (χ3v) is 7.06. The van der Waals surface area contributed by atoms with Crippen molar-refractivity contribution >= 4 is 45.5 Å². The van der Waals surface area contributed by atoms with Crippen LogP contribution >= 0.6 is 11.3 Å². The van der Waals surface area contributed by atoms with E-state index >= 15 is 0 Å². The number of fused-ring (bicyclic) bond motifs is 1. The molecule has 0 bridgehead atoms. The summed E-state index contributed by atoms with van der Waals surface area (Å²) >= 11 is 1.67. The predicted molar refractivity (Wildman–Crippen MR) is 124 cm³/mol. The summed E-state index contributed by atoms with van der Waals surface area (Å²) in [7, 11) is 0. The molecule has 3 aromatic rings. The Morgan fingerprint density at radius 3 is 2.71 bits per heavy atom. The summed E-state index contributed by atoms with van der Waals surface area (Å²) in [5, 5.41) is 13.0. The van der Waals surface area contributed by atoms with Crippen LogP contribution in [0.4, 0.5) is 17.6 Å². The molecule has 1 aliphatic carbocycles. The van der Waals surface area contributed by atoms with E-state index in [2.05, 4.69) is 44.9 Å². The number of amides is 1. The number of anilines is 3. The lowest BCUT2D eigenvalue weighted by molar-refractivity contribution is -0.117. The number of rotatable bonds is 5. The van der Waals surface area contributed by atoms with Crippen molar-refractivity contribution in [2.45, 2.75) is 44.9 Å². The Balaban J connectivity index is 0.000000250. The summed E-state index contributed by atoms with van der Waals surface area (Å²) in [6.45, 7) is 6.30. The Hall–Kier alpha value is -2.68. The summed E-state index contributed by atoms with van der Waals surface area (Å²) in [4.78, 5) is 23.6. The molecule has 5 heterocycles. The standard InChI is InChI=1S/C17H20N6S.C5H9NO/c1-10-4-6-23(9-10)17-18-12-5-7-24-15(12)16(20-17)19-14-8-13(21-22-14)11-2-3-11;7-5-6-3-1-2-4-6/h5,7-8,10-11H,2-4,6,9H2,1H3,(H2,18,19,20,21,22);5H,1-4H2. The van der Waals surface area contributed by atoms with Gasteiger partial charge in [0.2, 0.25) is 12.4 Å². The lowest BCUT2D eigenvalue weighted by Gasteiger charge is -2.17. The zero-order valence-corrected chi connectivity index (χ0v) is 18.7. The second-order valence-corrected chi connectivity index (χ2v) is 9.72. The van der Waals surface area contributed by atoms with Gasteiger partial charge in [-0.1, -0.05) is 6.92 Å². The largest absolute Gasteiger partial charge is 0.345 e. The highest BCUT2D eigenvalue weighted by Gasteiger charge is 2.26. The molecule has 1 unspecified atom stereocenters. The van der Waals surface area contributed by atoms with Gasteiger partial charge < -0.3 is 15.1 Å². The van der Waals surface area contributed by atoms with Gasteiger partial charge in [0.15, 0.2) is 11.6 Å². The molecule has 3 aromatic heterocycles. The molecule has 2 N–H and O–H groups in total. The first-order chi connectivity index (χ1) is 15.2. The fraction of sp³-hybridized carbons (Fsp3) is 0.545. The van der Waals surface area contributed by atoms with Crippen molar-refractivity contribution in [3.63, 3.8) is 0 Å². The predicted octanol–water partition coefficient (Wildman–Crippen LogP) is 4.12. The highest BCUT2D eigenvalue weighted by atomic mass is 32.1. The summed E-state index contributed by atoms with van der Waals surface area (Å²) in [6, 6.07) is 4.17. The summed E-state index contributed by atoms with van der Waals surface area (Å²) in [5.41, 5.74) is 2.23. The molecule has 1 saturated carbocycles. The lowest BCUT2D eigenvalue weighted by atomic mass is 10.2. The summed E-state index contributed by atoms with van der Waals surface area (Å²) in [5.74, 6) is 3.90. The average molecular weight is 440 g/mol. The summed E-state index contributed by atoms with van der Waals surface area (Å²) in [6.07, 6.45) is 7.05. The minimum Gasteiger partial charge on any atom is -0.345 e. The number of carbonyl (C=O) groups is 1. The molecular formula is C22H29N7OS. The molecule has 8 nitrogen and oxygen atoms in total. The van der Waals surface area contributed by atoms with Crippen LogP contribution < -0.4 is 10.2 Å². The number of thiophene rings is 1. The van der Waals surface area contributed by atoms with Crippen LogP contribution in [0.3, 0.4) is 0 Å². The van der Waals surface area contributed by atoms with E-state index in [0.29, 0.717) is 11.8 Å². The van der Waals surface area contributed by atoms with Gasteiger partial charge in [0.05, 0.1) is 10.2 Å². The molecule has 2 aliphatic heterocycles. The van der Waals surface area contributed by atoms with Crippen LogP contribution in [-0.2, 0) is 4.79 Å². The van der Waals surface area contributed by atoms with Crippen LogP contribution in [0.2, 0.25) is 0 Å². The molecule has 2 saturated heterocycles. The topological polar surface area (TPSA) is 90.0 Å². The van der Waals surface area contributed by atoms with E-state index in [4.69, 9.17) is 9.97 Å². The van der Waals surface area contributed by atoms with E-state index in [-0.39, 0.29) is 0 Å². The Morgan fingerprint density at radius 1 is 1.19 bits per heavy atom. The number of hydrogen-bond acceptors (Lipinski definition) is 7. The number of aromatic nitrogens is 4. The van der Waals surface area contributed by atoms with Gasteiger partial charge in [-0.05, 0) is 49.5 Å². The second-order valence-electron chi connectivity index (χ2n) is 8.80. The first-order valence-electron chi connectivity index (χ1n) is 11.2. The monoisotopic (exact) mass is 439 g/mol. The fourth-order valence-electron chi connectivity index (χ4n) is 4.17. The van der Waals surface area contributed by atoms with Gasteiger partial charge in [-0.25, -0.2) is 4.98 Å². The molecule has 3 aliphatic rings. The van der Waals surface area contributed by atoms with Gasteiger partial charge in [0.1, 0.15) is 0 Å². The maximum absolute atomic E-state index is 9.93. The van der Waals surface area contributed by atoms with Crippen LogP contribution in [-0.4, -0.2) is 57.7 Å². The SMILES string of the molecule is CC1CCN(c2nc(Nc3cc(C4CC4)[nH]n3)c3sccc3n2)C1.O=CN1CCCC1. The number of likely N-dealkylation sites (tertiary alicyclic amines) is 1. The number of H-pyrrole nitrogens is 1. The van der Waals surface area contributed by atoms with Crippen LogP contribution in [0.1, 0.15) is 50.6 Å². The molecule has 0 radical (unpaired) electrons. The minimum atomic E-state index is 0.668. The maximum atomic E-state index is 9.93. The molecule has 164 valence electrons. The van der Waals surface area contributed by atoms with Gasteiger partial charge in [0, 0.05) is 43.9 Å². The van der Waals surface area contributed by atoms with Crippen molar-refractivity contribution in [3.05, 3.63) is 23.2 Å². The summed E-state index contributed by atoms with van der Waals surface area (Å²) < 4.78 is 1.09. The molecular weight excluding hydrogens is 410 g/mol. The first kappa shape index (κ1) is 20.2. The van der Waals surface area contributed by atoms with Crippen molar-refractivity contribution in [1.82, 2.24) is 25.1 Å². The molecule has 6 rings (SSSR count). The van der Waals surface area contributed by atoms with Crippen LogP contribution in [0, 0.1) is 5.92 Å². The molecule has 31 heavy (non-hydrogen) atoms. The molecule has 1 amide bonds. The van der Waals surface area contributed by atoms with Gasteiger partial charge in [-0.15, -0.1) is 11.3 Å². The van der Waals surface area contributed by atoms with Gasteiger partial charge in [-0.3, -0.25) is 9.89 Å². The van der Waals surface area contributed by atoms with E-state index in [9.17, 15) is 4.79 Å². The number of nitrogens with zero attached hydrogens (tertiary/aromatic N) is 5. The van der Waals surface area contributed by atoms with Crippen LogP contribution in [0.5, 0.6) is 0 Å². The number of aromatic amines is 1. The highest BCUT2D eigenvalue weighted by molar-refractivity contribution is 7.17. The lowest BCUT2D eigenvalue weighted by Crippen LogP contribution is -2.22. The van der Waals surface area contributed by atoms with E-state index in [1.165, 1.54) is 37.8 Å². The van der Waals surface area contributed by atoms with E-state index in [0.717, 1.165) is 60.4 Å².